The average molecular weight is 441 g/mol. The van der Waals surface area contributed by atoms with Gasteiger partial charge in [0.2, 0.25) is 17.6 Å². The molecule has 1 amide bonds. The van der Waals surface area contributed by atoms with Crippen molar-refractivity contribution in [2.24, 2.45) is 0 Å². The molecule has 2 aromatic carbocycles. The summed E-state index contributed by atoms with van der Waals surface area (Å²) in [6.07, 6.45) is 1.09. The summed E-state index contributed by atoms with van der Waals surface area (Å²) in [6.45, 7) is 2.94. The van der Waals surface area contributed by atoms with Gasteiger partial charge >= 0.3 is 0 Å². The maximum atomic E-state index is 14.1. The van der Waals surface area contributed by atoms with Crippen LogP contribution in [-0.2, 0) is 4.79 Å². The Labute approximate surface area is 184 Å². The molecule has 32 heavy (non-hydrogen) atoms. The SMILES string of the molecule is CCCOc1ccc(-c2noc(C3CC(=O)N(c4ccc(OC)c(F)c4)C3)n2)cc1OC. The number of amides is 1. The van der Waals surface area contributed by atoms with E-state index in [1.807, 2.05) is 13.0 Å². The highest BCUT2D eigenvalue weighted by Crippen LogP contribution is 2.35. The number of hydrogen-bond donors (Lipinski definition) is 0. The summed E-state index contributed by atoms with van der Waals surface area (Å²) < 4.78 is 35.6. The van der Waals surface area contributed by atoms with Gasteiger partial charge in [0.25, 0.3) is 0 Å². The van der Waals surface area contributed by atoms with Gasteiger partial charge in [-0.2, -0.15) is 4.98 Å². The number of benzene rings is 2. The number of ether oxygens (including phenoxy) is 3. The number of anilines is 1. The summed E-state index contributed by atoms with van der Waals surface area (Å²) in [5.74, 6) is 1.14. The van der Waals surface area contributed by atoms with E-state index in [1.165, 1.54) is 24.1 Å². The number of halogens is 1. The van der Waals surface area contributed by atoms with Crippen LogP contribution in [0.2, 0.25) is 0 Å². The second-order valence-corrected chi connectivity index (χ2v) is 7.39. The highest BCUT2D eigenvalue weighted by molar-refractivity contribution is 5.96. The molecule has 1 unspecified atom stereocenters. The molecule has 0 N–H and O–H groups in total. The smallest absolute Gasteiger partial charge is 0.232 e. The lowest BCUT2D eigenvalue weighted by Crippen LogP contribution is -2.24. The van der Waals surface area contributed by atoms with Crippen molar-refractivity contribution in [3.8, 4) is 28.6 Å². The molecule has 1 atom stereocenters. The minimum Gasteiger partial charge on any atom is -0.494 e. The van der Waals surface area contributed by atoms with Crippen molar-refractivity contribution in [3.63, 3.8) is 0 Å². The molecule has 0 aliphatic carbocycles. The van der Waals surface area contributed by atoms with Crippen molar-refractivity contribution in [1.82, 2.24) is 10.1 Å². The second kappa shape index (κ2) is 9.25. The van der Waals surface area contributed by atoms with Gasteiger partial charge < -0.3 is 23.6 Å². The minimum absolute atomic E-state index is 0.125. The first kappa shape index (κ1) is 21.6. The summed E-state index contributed by atoms with van der Waals surface area (Å²) in [5.41, 5.74) is 1.17. The molecule has 3 aromatic rings. The first-order valence-electron chi connectivity index (χ1n) is 10.3. The molecule has 0 spiro atoms. The normalized spacial score (nSPS) is 15.8. The Kier molecular flexibility index (Phi) is 6.25. The molecule has 4 rings (SSSR count). The standard InChI is InChI=1S/C23H24FN3O5/c1-4-9-31-19-7-5-14(10-20(19)30-3)22-25-23(32-26-22)15-11-21(28)27(13-15)16-6-8-18(29-2)17(24)12-16/h5-8,10,12,15H,4,9,11,13H2,1-3H3. The van der Waals surface area contributed by atoms with E-state index in [1.54, 1.807) is 25.3 Å². The van der Waals surface area contributed by atoms with Crippen molar-refractivity contribution < 1.29 is 27.9 Å². The van der Waals surface area contributed by atoms with Gasteiger partial charge in [-0.05, 0) is 36.8 Å². The van der Waals surface area contributed by atoms with Gasteiger partial charge in [0.05, 0.1) is 26.7 Å². The van der Waals surface area contributed by atoms with Crippen LogP contribution in [0.1, 0.15) is 31.6 Å². The Hall–Kier alpha value is -3.62. The maximum Gasteiger partial charge on any atom is 0.232 e. The molecule has 0 bridgehead atoms. The molecule has 1 saturated heterocycles. The molecule has 0 saturated carbocycles. The van der Waals surface area contributed by atoms with Crippen molar-refractivity contribution in [3.05, 3.63) is 48.1 Å². The van der Waals surface area contributed by atoms with Crippen molar-refractivity contribution in [1.29, 1.82) is 0 Å². The summed E-state index contributed by atoms with van der Waals surface area (Å²) in [4.78, 5) is 18.6. The fourth-order valence-electron chi connectivity index (χ4n) is 3.60. The highest BCUT2D eigenvalue weighted by atomic mass is 19.1. The van der Waals surface area contributed by atoms with Crippen LogP contribution in [0.4, 0.5) is 10.1 Å². The second-order valence-electron chi connectivity index (χ2n) is 7.39. The molecule has 1 fully saturated rings. The Morgan fingerprint density at radius 3 is 2.62 bits per heavy atom. The Balaban J connectivity index is 1.52. The zero-order valence-electron chi connectivity index (χ0n) is 18.1. The molecular formula is C23H24FN3O5. The fourth-order valence-corrected chi connectivity index (χ4v) is 3.60. The average Bonchev–Trinajstić information content (AvgIpc) is 3.44. The van der Waals surface area contributed by atoms with Crippen LogP contribution in [0, 0.1) is 5.82 Å². The van der Waals surface area contributed by atoms with Gasteiger partial charge in [0, 0.05) is 30.3 Å². The molecule has 2 heterocycles. The topological polar surface area (TPSA) is 86.9 Å². The van der Waals surface area contributed by atoms with Crippen molar-refractivity contribution >= 4 is 11.6 Å². The number of carbonyl (C=O) groups is 1. The third-order valence-corrected chi connectivity index (χ3v) is 5.25. The van der Waals surface area contributed by atoms with E-state index >= 15 is 0 Å². The zero-order valence-corrected chi connectivity index (χ0v) is 18.1. The number of hydrogen-bond acceptors (Lipinski definition) is 7. The largest absolute Gasteiger partial charge is 0.494 e. The first-order chi connectivity index (χ1) is 15.5. The Morgan fingerprint density at radius 2 is 1.91 bits per heavy atom. The van der Waals surface area contributed by atoms with Crippen LogP contribution in [-0.4, -0.2) is 43.4 Å². The number of rotatable bonds is 8. The van der Waals surface area contributed by atoms with Crippen molar-refractivity contribution in [2.75, 3.05) is 32.3 Å². The monoisotopic (exact) mass is 441 g/mol. The van der Waals surface area contributed by atoms with E-state index in [-0.39, 0.29) is 24.0 Å². The summed E-state index contributed by atoms with van der Waals surface area (Å²) in [7, 11) is 2.96. The van der Waals surface area contributed by atoms with Gasteiger partial charge in [-0.1, -0.05) is 12.1 Å². The lowest BCUT2D eigenvalue weighted by Gasteiger charge is -2.16. The zero-order chi connectivity index (χ0) is 22.7. The van der Waals surface area contributed by atoms with E-state index in [4.69, 9.17) is 18.7 Å². The van der Waals surface area contributed by atoms with Crippen LogP contribution in [0.25, 0.3) is 11.4 Å². The van der Waals surface area contributed by atoms with Crippen LogP contribution in [0.3, 0.4) is 0 Å². The van der Waals surface area contributed by atoms with E-state index in [2.05, 4.69) is 10.1 Å². The molecule has 9 heteroatoms. The number of nitrogens with zero attached hydrogens (tertiary/aromatic N) is 3. The molecule has 8 nitrogen and oxygen atoms in total. The molecule has 1 aromatic heterocycles. The van der Waals surface area contributed by atoms with Crippen molar-refractivity contribution in [2.45, 2.75) is 25.7 Å². The Morgan fingerprint density at radius 1 is 1.12 bits per heavy atom. The molecule has 1 aliphatic rings. The summed E-state index contributed by atoms with van der Waals surface area (Å²) in [6, 6.07) is 9.85. The number of methoxy groups -OCH3 is 2. The fraction of sp³-hybridized carbons (Fsp3) is 0.348. The summed E-state index contributed by atoms with van der Waals surface area (Å²) in [5, 5.41) is 4.07. The van der Waals surface area contributed by atoms with Gasteiger partial charge in [0.15, 0.2) is 23.1 Å². The maximum absolute atomic E-state index is 14.1. The highest BCUT2D eigenvalue weighted by Gasteiger charge is 2.35. The first-order valence-corrected chi connectivity index (χ1v) is 10.3. The predicted octanol–water partition coefficient (Wildman–Crippen LogP) is 4.20. The van der Waals surface area contributed by atoms with Crippen LogP contribution in [0.5, 0.6) is 17.2 Å². The Bertz CT molecular complexity index is 1120. The molecular weight excluding hydrogens is 417 g/mol. The third-order valence-electron chi connectivity index (χ3n) is 5.25. The predicted molar refractivity (Wildman–Crippen MR) is 115 cm³/mol. The van der Waals surface area contributed by atoms with E-state index in [0.717, 1.165) is 6.42 Å². The van der Waals surface area contributed by atoms with Crippen LogP contribution in [0.15, 0.2) is 40.9 Å². The molecule has 0 radical (unpaired) electrons. The number of aromatic nitrogens is 2. The third kappa shape index (κ3) is 4.23. The lowest BCUT2D eigenvalue weighted by molar-refractivity contribution is -0.117. The molecule has 168 valence electrons. The van der Waals surface area contributed by atoms with Gasteiger partial charge in [-0.15, -0.1) is 0 Å². The van der Waals surface area contributed by atoms with Crippen LogP contribution >= 0.6 is 0 Å². The van der Waals surface area contributed by atoms with Gasteiger partial charge in [0.1, 0.15) is 0 Å². The van der Waals surface area contributed by atoms with E-state index < -0.39 is 5.82 Å². The lowest BCUT2D eigenvalue weighted by atomic mass is 10.1. The quantitative estimate of drug-likeness (QED) is 0.518. The van der Waals surface area contributed by atoms with E-state index in [0.29, 0.717) is 47.6 Å². The summed E-state index contributed by atoms with van der Waals surface area (Å²) >= 11 is 0. The van der Waals surface area contributed by atoms with E-state index in [9.17, 15) is 9.18 Å². The molecule has 1 aliphatic heterocycles. The number of carbonyl (C=O) groups excluding carboxylic acids is 1. The van der Waals surface area contributed by atoms with Gasteiger partial charge in [-0.3, -0.25) is 4.79 Å². The minimum atomic E-state index is -0.526. The van der Waals surface area contributed by atoms with Gasteiger partial charge in [-0.25, -0.2) is 4.39 Å². The van der Waals surface area contributed by atoms with Crippen LogP contribution < -0.4 is 19.1 Å².